The second-order valence-electron chi connectivity index (χ2n) is 4.42. The van der Waals surface area contributed by atoms with E-state index in [4.69, 9.17) is 0 Å². The number of carbonyl (C=O) groups is 1. The lowest BCUT2D eigenvalue weighted by Gasteiger charge is -2.10. The maximum Gasteiger partial charge on any atom is 0.255 e. The van der Waals surface area contributed by atoms with E-state index in [2.05, 4.69) is 20.5 Å². The van der Waals surface area contributed by atoms with E-state index in [-0.39, 0.29) is 5.91 Å². The Bertz CT molecular complexity index is 379. The summed E-state index contributed by atoms with van der Waals surface area (Å²) >= 11 is 0. The van der Waals surface area contributed by atoms with Crippen LogP contribution in [0.5, 0.6) is 0 Å². The summed E-state index contributed by atoms with van der Waals surface area (Å²) in [6.45, 7) is 1.75. The van der Waals surface area contributed by atoms with Crippen LogP contribution in [-0.4, -0.2) is 50.0 Å². The highest BCUT2D eigenvalue weighted by atomic mass is 16.1. The van der Waals surface area contributed by atoms with Crippen molar-refractivity contribution in [3.05, 3.63) is 23.9 Å². The van der Waals surface area contributed by atoms with Crippen LogP contribution in [0.4, 0.5) is 5.82 Å². The molecule has 0 spiro atoms. The fourth-order valence-corrected chi connectivity index (χ4v) is 1.64. The highest BCUT2D eigenvalue weighted by Gasteiger charge is 2.09. The normalized spacial score (nSPS) is 10.4. The highest BCUT2D eigenvalue weighted by molar-refractivity contribution is 5.98. The Morgan fingerprint density at radius 1 is 1.39 bits per heavy atom. The molecule has 0 aromatic carbocycles. The molecule has 0 unspecified atom stereocenters. The van der Waals surface area contributed by atoms with Crippen molar-refractivity contribution in [2.45, 2.75) is 12.8 Å². The van der Waals surface area contributed by atoms with Gasteiger partial charge in [-0.05, 0) is 45.6 Å². The van der Waals surface area contributed by atoms with Gasteiger partial charge >= 0.3 is 0 Å². The lowest BCUT2D eigenvalue weighted by Crippen LogP contribution is -2.26. The Morgan fingerprint density at radius 3 is 2.83 bits per heavy atom. The first-order chi connectivity index (χ1) is 8.65. The number of pyridine rings is 1. The standard InChI is InChI=1S/C13H22N4O/c1-14-12-11(7-6-9-15-12)13(18)16-8-4-5-10-17(2)3/h6-7,9H,4-5,8,10H2,1-3H3,(H,14,15)(H,16,18). The summed E-state index contributed by atoms with van der Waals surface area (Å²) in [7, 11) is 5.86. The zero-order valence-electron chi connectivity index (χ0n) is 11.4. The molecule has 0 radical (unpaired) electrons. The molecule has 1 rings (SSSR count). The molecule has 1 aromatic heterocycles. The smallest absolute Gasteiger partial charge is 0.255 e. The third-order valence-corrected chi connectivity index (χ3v) is 2.61. The summed E-state index contributed by atoms with van der Waals surface area (Å²) < 4.78 is 0. The first-order valence-corrected chi connectivity index (χ1v) is 6.21. The zero-order valence-corrected chi connectivity index (χ0v) is 11.4. The average Bonchev–Trinajstić information content (AvgIpc) is 2.37. The molecule has 0 bridgehead atoms. The molecule has 5 heteroatoms. The molecule has 1 heterocycles. The number of hydrogen-bond acceptors (Lipinski definition) is 4. The molecule has 0 atom stereocenters. The minimum Gasteiger partial charge on any atom is -0.372 e. The molecule has 0 aliphatic heterocycles. The molecular weight excluding hydrogens is 228 g/mol. The summed E-state index contributed by atoms with van der Waals surface area (Å²) in [4.78, 5) is 18.2. The fourth-order valence-electron chi connectivity index (χ4n) is 1.64. The molecule has 100 valence electrons. The molecule has 2 N–H and O–H groups in total. The van der Waals surface area contributed by atoms with Gasteiger partial charge in [0.2, 0.25) is 0 Å². The van der Waals surface area contributed by atoms with Crippen molar-refractivity contribution >= 4 is 11.7 Å². The summed E-state index contributed by atoms with van der Waals surface area (Å²) in [6.07, 6.45) is 3.73. The van der Waals surface area contributed by atoms with Crippen LogP contribution in [0.15, 0.2) is 18.3 Å². The Hall–Kier alpha value is -1.62. The van der Waals surface area contributed by atoms with Gasteiger partial charge in [-0.2, -0.15) is 0 Å². The van der Waals surface area contributed by atoms with Gasteiger partial charge < -0.3 is 15.5 Å². The summed E-state index contributed by atoms with van der Waals surface area (Å²) in [5, 5.41) is 5.82. The summed E-state index contributed by atoms with van der Waals surface area (Å²) in [5.74, 6) is 0.542. The van der Waals surface area contributed by atoms with Crippen molar-refractivity contribution in [1.29, 1.82) is 0 Å². The van der Waals surface area contributed by atoms with Crippen LogP contribution >= 0.6 is 0 Å². The van der Waals surface area contributed by atoms with Gasteiger partial charge in [-0.1, -0.05) is 0 Å². The second kappa shape index (κ2) is 7.66. The molecule has 0 aliphatic carbocycles. The number of hydrogen-bond donors (Lipinski definition) is 2. The Balaban J connectivity index is 2.36. The molecule has 0 saturated heterocycles. The Kier molecular flexibility index (Phi) is 6.14. The van der Waals surface area contributed by atoms with Gasteiger partial charge in [-0.15, -0.1) is 0 Å². The van der Waals surface area contributed by atoms with Gasteiger partial charge in [0.05, 0.1) is 5.56 Å². The molecule has 1 amide bonds. The van der Waals surface area contributed by atoms with Gasteiger partial charge in [0, 0.05) is 19.8 Å². The van der Waals surface area contributed by atoms with Crippen molar-refractivity contribution in [3.63, 3.8) is 0 Å². The summed E-state index contributed by atoms with van der Waals surface area (Å²) in [6, 6.07) is 3.54. The predicted octanol–water partition coefficient (Wildman–Crippen LogP) is 1.19. The largest absolute Gasteiger partial charge is 0.372 e. The number of nitrogens with zero attached hydrogens (tertiary/aromatic N) is 2. The van der Waals surface area contributed by atoms with Crippen LogP contribution in [0.1, 0.15) is 23.2 Å². The van der Waals surface area contributed by atoms with E-state index in [1.54, 1.807) is 25.4 Å². The van der Waals surface area contributed by atoms with E-state index in [0.29, 0.717) is 17.9 Å². The average molecular weight is 250 g/mol. The lowest BCUT2D eigenvalue weighted by atomic mass is 10.2. The number of unbranched alkanes of at least 4 members (excludes halogenated alkanes) is 1. The van der Waals surface area contributed by atoms with Crippen LogP contribution in [0.2, 0.25) is 0 Å². The van der Waals surface area contributed by atoms with Crippen LogP contribution in [-0.2, 0) is 0 Å². The third kappa shape index (κ3) is 4.71. The molecule has 0 saturated carbocycles. The van der Waals surface area contributed by atoms with Crippen LogP contribution in [0.25, 0.3) is 0 Å². The molecule has 18 heavy (non-hydrogen) atoms. The first-order valence-electron chi connectivity index (χ1n) is 6.21. The van der Waals surface area contributed by atoms with Gasteiger partial charge in [0.25, 0.3) is 5.91 Å². The van der Waals surface area contributed by atoms with E-state index >= 15 is 0 Å². The Labute approximate surface area is 109 Å². The van der Waals surface area contributed by atoms with E-state index in [0.717, 1.165) is 19.4 Å². The first kappa shape index (κ1) is 14.4. The zero-order chi connectivity index (χ0) is 13.4. The monoisotopic (exact) mass is 250 g/mol. The minimum absolute atomic E-state index is 0.0719. The van der Waals surface area contributed by atoms with Gasteiger partial charge in [-0.25, -0.2) is 4.98 Å². The maximum absolute atomic E-state index is 11.9. The number of carbonyl (C=O) groups excluding carboxylic acids is 1. The van der Waals surface area contributed by atoms with E-state index < -0.39 is 0 Å². The van der Waals surface area contributed by atoms with E-state index in [1.165, 1.54) is 0 Å². The van der Waals surface area contributed by atoms with Crippen molar-refractivity contribution in [2.75, 3.05) is 39.5 Å². The molecule has 1 aromatic rings. The fraction of sp³-hybridized carbons (Fsp3) is 0.538. The number of nitrogens with one attached hydrogen (secondary N) is 2. The van der Waals surface area contributed by atoms with Crippen molar-refractivity contribution in [1.82, 2.24) is 15.2 Å². The molecule has 0 fully saturated rings. The molecule has 0 aliphatic rings. The second-order valence-corrected chi connectivity index (χ2v) is 4.42. The summed E-state index contributed by atoms with van der Waals surface area (Å²) in [5.41, 5.74) is 0.590. The highest BCUT2D eigenvalue weighted by Crippen LogP contribution is 2.09. The van der Waals surface area contributed by atoms with Gasteiger partial charge in [0.1, 0.15) is 5.82 Å². The van der Waals surface area contributed by atoms with Crippen LogP contribution < -0.4 is 10.6 Å². The predicted molar refractivity (Wildman–Crippen MR) is 73.9 cm³/mol. The van der Waals surface area contributed by atoms with Crippen molar-refractivity contribution in [3.8, 4) is 0 Å². The van der Waals surface area contributed by atoms with Crippen LogP contribution in [0, 0.1) is 0 Å². The van der Waals surface area contributed by atoms with Gasteiger partial charge in [-0.3, -0.25) is 4.79 Å². The Morgan fingerprint density at radius 2 is 2.17 bits per heavy atom. The third-order valence-electron chi connectivity index (χ3n) is 2.61. The quantitative estimate of drug-likeness (QED) is 0.714. The van der Waals surface area contributed by atoms with E-state index in [9.17, 15) is 4.79 Å². The minimum atomic E-state index is -0.0719. The topological polar surface area (TPSA) is 57.3 Å². The molecular formula is C13H22N4O. The number of anilines is 1. The number of rotatable bonds is 7. The van der Waals surface area contributed by atoms with Crippen molar-refractivity contribution < 1.29 is 4.79 Å². The van der Waals surface area contributed by atoms with Gasteiger partial charge in [0.15, 0.2) is 0 Å². The number of aromatic nitrogens is 1. The SMILES string of the molecule is CNc1ncccc1C(=O)NCCCCN(C)C. The molecule has 5 nitrogen and oxygen atoms in total. The number of amides is 1. The van der Waals surface area contributed by atoms with Crippen LogP contribution in [0.3, 0.4) is 0 Å². The van der Waals surface area contributed by atoms with E-state index in [1.807, 2.05) is 14.1 Å². The lowest BCUT2D eigenvalue weighted by molar-refractivity contribution is 0.0953. The van der Waals surface area contributed by atoms with Crippen molar-refractivity contribution in [2.24, 2.45) is 0 Å². The maximum atomic E-state index is 11.9.